The molecule has 0 fully saturated rings. The molecule has 7 nitrogen and oxygen atoms in total. The van der Waals surface area contributed by atoms with Crippen LogP contribution in [-0.4, -0.2) is 41.5 Å². The highest BCUT2D eigenvalue weighted by Gasteiger charge is 2.23. The summed E-state index contributed by atoms with van der Waals surface area (Å²) in [4.78, 5) is 12.5. The first-order chi connectivity index (χ1) is 11.6. The van der Waals surface area contributed by atoms with Crippen LogP contribution in [0, 0.1) is 0 Å². The van der Waals surface area contributed by atoms with Crippen LogP contribution in [0.5, 0.6) is 0 Å². The fourth-order valence-corrected chi connectivity index (χ4v) is 3.60. The van der Waals surface area contributed by atoms with E-state index in [0.717, 1.165) is 0 Å². The summed E-state index contributed by atoms with van der Waals surface area (Å²) in [5.74, 6) is 0.278. The Morgan fingerprint density at radius 2 is 1.72 bits per heavy atom. The maximum absolute atomic E-state index is 12.4. The normalized spacial score (nSPS) is 12.2. The zero-order valence-corrected chi connectivity index (χ0v) is 15.9. The second-order valence-electron chi connectivity index (χ2n) is 6.35. The highest BCUT2D eigenvalue weighted by atomic mass is 32.2. The summed E-state index contributed by atoms with van der Waals surface area (Å²) < 4.78 is 27.9. The van der Waals surface area contributed by atoms with Gasteiger partial charge in [-0.1, -0.05) is 0 Å². The maximum Gasteiger partial charge on any atom is 0.256 e. The van der Waals surface area contributed by atoms with Gasteiger partial charge in [0.2, 0.25) is 10.0 Å². The van der Waals surface area contributed by atoms with Gasteiger partial charge in [0.15, 0.2) is 0 Å². The van der Waals surface area contributed by atoms with Gasteiger partial charge in [0.05, 0.1) is 11.1 Å². The molecule has 0 bridgehead atoms. The average Bonchev–Trinajstić information content (AvgIpc) is 3.02. The molecule has 0 atom stereocenters. The Bertz CT molecular complexity index is 839. The fraction of sp³-hybridized carbons (Fsp3) is 0.412. The topological polar surface area (TPSA) is 84.3 Å². The fourth-order valence-electron chi connectivity index (χ4n) is 2.24. The Balaban J connectivity index is 2.20. The summed E-state index contributed by atoms with van der Waals surface area (Å²) in [6.07, 6.45) is 1.62. The van der Waals surface area contributed by atoms with E-state index in [1.54, 1.807) is 30.8 Å². The first kappa shape index (κ1) is 19.1. The summed E-state index contributed by atoms with van der Waals surface area (Å²) in [6.45, 7) is 7.54. The number of benzene rings is 1. The minimum Gasteiger partial charge on any atom is -0.307 e. The molecule has 2 aromatic rings. The summed E-state index contributed by atoms with van der Waals surface area (Å²) in [7, 11) is -2.03. The number of carbonyl (C=O) groups excluding carboxylic acids is 1. The van der Waals surface area contributed by atoms with Crippen LogP contribution < -0.4 is 5.32 Å². The van der Waals surface area contributed by atoms with Gasteiger partial charge >= 0.3 is 0 Å². The molecule has 1 heterocycles. The van der Waals surface area contributed by atoms with Crippen LogP contribution in [0.4, 0.5) is 5.82 Å². The van der Waals surface area contributed by atoms with Gasteiger partial charge in [0.1, 0.15) is 5.82 Å². The van der Waals surface area contributed by atoms with Crippen LogP contribution in [0.25, 0.3) is 0 Å². The molecule has 1 aromatic carbocycles. The number of aromatic nitrogens is 2. The van der Waals surface area contributed by atoms with Crippen LogP contribution in [0.3, 0.4) is 0 Å². The van der Waals surface area contributed by atoms with Crippen molar-refractivity contribution in [3.63, 3.8) is 0 Å². The molecule has 0 saturated heterocycles. The smallest absolute Gasteiger partial charge is 0.256 e. The maximum atomic E-state index is 12.4. The predicted octanol–water partition coefficient (Wildman–Crippen LogP) is 2.75. The summed E-state index contributed by atoms with van der Waals surface area (Å²) >= 11 is 0. The van der Waals surface area contributed by atoms with Crippen molar-refractivity contribution in [2.24, 2.45) is 0 Å². The quantitative estimate of drug-likeness (QED) is 0.854. The highest BCUT2D eigenvalue weighted by molar-refractivity contribution is 7.89. The Kier molecular flexibility index (Phi) is 5.64. The lowest BCUT2D eigenvalue weighted by Gasteiger charge is -2.21. The summed E-state index contributed by atoms with van der Waals surface area (Å²) in [5, 5.41) is 6.95. The molecule has 0 saturated carbocycles. The van der Waals surface area contributed by atoms with Crippen LogP contribution in [0.15, 0.2) is 41.4 Å². The molecule has 1 N–H and O–H groups in total. The number of amides is 1. The summed E-state index contributed by atoms with van der Waals surface area (Å²) in [5.41, 5.74) is 0.377. The third-order valence-corrected chi connectivity index (χ3v) is 5.97. The van der Waals surface area contributed by atoms with E-state index in [1.165, 1.54) is 35.6 Å². The molecule has 2 rings (SSSR count). The third kappa shape index (κ3) is 4.08. The molecule has 0 aliphatic rings. The number of nitrogens with zero attached hydrogens (tertiary/aromatic N) is 3. The Morgan fingerprint density at radius 3 is 2.24 bits per heavy atom. The lowest BCUT2D eigenvalue weighted by Crippen LogP contribution is -2.33. The van der Waals surface area contributed by atoms with Crippen molar-refractivity contribution in [2.45, 2.75) is 44.7 Å². The number of anilines is 1. The number of sulfonamides is 1. The molecule has 1 amide bonds. The van der Waals surface area contributed by atoms with Gasteiger partial charge in [-0.2, -0.15) is 9.40 Å². The van der Waals surface area contributed by atoms with Crippen molar-refractivity contribution < 1.29 is 13.2 Å². The first-order valence-corrected chi connectivity index (χ1v) is 9.51. The molecule has 1 aromatic heterocycles. The second kappa shape index (κ2) is 7.37. The third-order valence-electron chi connectivity index (χ3n) is 3.92. The zero-order chi connectivity index (χ0) is 18.8. The molecular formula is C17H24N4O3S. The van der Waals surface area contributed by atoms with E-state index in [4.69, 9.17) is 0 Å². The second-order valence-corrected chi connectivity index (χ2v) is 8.35. The van der Waals surface area contributed by atoms with E-state index in [-0.39, 0.29) is 22.9 Å². The summed E-state index contributed by atoms with van der Waals surface area (Å²) in [6, 6.07) is 7.59. The number of carbonyl (C=O) groups is 1. The standard InChI is InChI=1S/C17H24N4O3S/c1-12(2)20(5)25(23,24)15-8-6-14(7-9-15)17(22)19-16-10-11-18-21(16)13(3)4/h6-13H,1-5H3,(H,19,22). The molecule has 0 aliphatic heterocycles. The highest BCUT2D eigenvalue weighted by Crippen LogP contribution is 2.18. The molecular weight excluding hydrogens is 340 g/mol. The van der Waals surface area contributed by atoms with Gasteiger partial charge in [-0.25, -0.2) is 13.1 Å². The Labute approximate surface area is 148 Å². The van der Waals surface area contributed by atoms with Crippen molar-refractivity contribution in [3.8, 4) is 0 Å². The minimum absolute atomic E-state index is 0.115. The van der Waals surface area contributed by atoms with Crippen LogP contribution >= 0.6 is 0 Å². The van der Waals surface area contributed by atoms with E-state index in [2.05, 4.69) is 10.4 Å². The van der Waals surface area contributed by atoms with E-state index in [0.29, 0.717) is 11.4 Å². The van der Waals surface area contributed by atoms with Crippen LogP contribution in [0.2, 0.25) is 0 Å². The van der Waals surface area contributed by atoms with Gasteiger partial charge in [-0.05, 0) is 52.0 Å². The van der Waals surface area contributed by atoms with Gasteiger partial charge in [-0.3, -0.25) is 4.79 Å². The lowest BCUT2D eigenvalue weighted by molar-refractivity contribution is 0.102. The van der Waals surface area contributed by atoms with Crippen molar-refractivity contribution in [1.29, 1.82) is 0 Å². The Morgan fingerprint density at radius 1 is 1.12 bits per heavy atom. The van der Waals surface area contributed by atoms with E-state index in [1.807, 2.05) is 13.8 Å². The Hall–Kier alpha value is -2.19. The first-order valence-electron chi connectivity index (χ1n) is 8.07. The lowest BCUT2D eigenvalue weighted by atomic mass is 10.2. The monoisotopic (exact) mass is 364 g/mol. The van der Waals surface area contributed by atoms with Gasteiger partial charge < -0.3 is 5.32 Å². The average molecular weight is 364 g/mol. The van der Waals surface area contributed by atoms with Gasteiger partial charge in [0.25, 0.3) is 5.91 Å². The van der Waals surface area contributed by atoms with Crippen LogP contribution in [-0.2, 0) is 10.0 Å². The largest absolute Gasteiger partial charge is 0.307 e. The zero-order valence-electron chi connectivity index (χ0n) is 15.1. The van der Waals surface area contributed by atoms with Crippen molar-refractivity contribution in [3.05, 3.63) is 42.1 Å². The van der Waals surface area contributed by atoms with E-state index in [9.17, 15) is 13.2 Å². The number of hydrogen-bond acceptors (Lipinski definition) is 4. The van der Waals surface area contributed by atoms with Gasteiger partial charge in [-0.15, -0.1) is 0 Å². The predicted molar refractivity (Wildman–Crippen MR) is 97.1 cm³/mol. The number of nitrogens with one attached hydrogen (secondary N) is 1. The van der Waals surface area contributed by atoms with E-state index < -0.39 is 10.0 Å². The number of hydrogen-bond donors (Lipinski definition) is 1. The molecule has 136 valence electrons. The molecule has 8 heteroatoms. The van der Waals surface area contributed by atoms with Crippen molar-refractivity contribution >= 4 is 21.7 Å². The van der Waals surface area contributed by atoms with Crippen molar-refractivity contribution in [2.75, 3.05) is 12.4 Å². The van der Waals surface area contributed by atoms with Gasteiger partial charge in [0, 0.05) is 30.8 Å². The van der Waals surface area contributed by atoms with E-state index >= 15 is 0 Å². The molecule has 0 unspecified atom stereocenters. The van der Waals surface area contributed by atoms with Crippen LogP contribution in [0.1, 0.15) is 44.1 Å². The SMILES string of the molecule is CC(C)N(C)S(=O)(=O)c1ccc(C(=O)Nc2ccnn2C(C)C)cc1. The number of rotatable bonds is 6. The molecule has 0 radical (unpaired) electrons. The van der Waals surface area contributed by atoms with Crippen molar-refractivity contribution in [1.82, 2.24) is 14.1 Å². The molecule has 0 spiro atoms. The minimum atomic E-state index is -3.56. The molecule has 0 aliphatic carbocycles. The molecule has 25 heavy (non-hydrogen) atoms.